The Hall–Kier alpha value is -0.910. The van der Waals surface area contributed by atoms with Crippen molar-refractivity contribution in [1.29, 1.82) is 0 Å². The summed E-state index contributed by atoms with van der Waals surface area (Å²) in [4.78, 5) is 4.34. The maximum atomic E-state index is 5.54. The van der Waals surface area contributed by atoms with Crippen molar-refractivity contribution < 1.29 is 4.74 Å². The van der Waals surface area contributed by atoms with E-state index in [0.29, 0.717) is 0 Å². The molecule has 1 unspecified atom stereocenters. The Morgan fingerprint density at radius 3 is 3.06 bits per heavy atom. The van der Waals surface area contributed by atoms with Gasteiger partial charge in [0.05, 0.1) is 0 Å². The van der Waals surface area contributed by atoms with Crippen LogP contribution in [-0.2, 0) is 17.7 Å². The molecule has 0 aliphatic heterocycles. The first-order valence-electron chi connectivity index (χ1n) is 5.76. The number of ether oxygens (including phenoxy) is 1. The van der Waals surface area contributed by atoms with Crippen LogP contribution in [0.3, 0.4) is 0 Å². The highest BCUT2D eigenvalue weighted by molar-refractivity contribution is 4.95. The van der Waals surface area contributed by atoms with Crippen LogP contribution in [-0.4, -0.2) is 29.3 Å². The van der Waals surface area contributed by atoms with Gasteiger partial charge in [-0.1, -0.05) is 0 Å². The lowest BCUT2D eigenvalue weighted by molar-refractivity contribution is 0.188. The average molecular weight is 226 g/mol. The molecule has 0 bridgehead atoms. The summed E-state index contributed by atoms with van der Waals surface area (Å²) in [5.74, 6) is 6.62. The molecule has 0 saturated carbocycles. The van der Waals surface area contributed by atoms with Crippen molar-refractivity contribution in [1.82, 2.24) is 15.0 Å². The second-order valence-electron chi connectivity index (χ2n) is 3.83. The van der Waals surface area contributed by atoms with Crippen LogP contribution >= 0.6 is 0 Å². The predicted molar refractivity (Wildman–Crippen MR) is 63.8 cm³/mol. The number of nitrogens with zero attached hydrogens (tertiary/aromatic N) is 2. The molecule has 1 aromatic heterocycles. The fraction of sp³-hybridized carbons (Fsp3) is 0.727. The van der Waals surface area contributed by atoms with Gasteiger partial charge in [-0.25, -0.2) is 4.98 Å². The molecule has 3 N–H and O–H groups in total. The summed E-state index contributed by atoms with van der Waals surface area (Å²) >= 11 is 0. The Kier molecular flexibility index (Phi) is 6.07. The Balaban J connectivity index is 2.43. The number of nitrogens with one attached hydrogen (secondary N) is 1. The van der Waals surface area contributed by atoms with Gasteiger partial charge in [-0.05, 0) is 19.8 Å². The lowest BCUT2D eigenvalue weighted by atomic mass is 10.1. The Labute approximate surface area is 97.0 Å². The van der Waals surface area contributed by atoms with Gasteiger partial charge in [-0.2, -0.15) is 0 Å². The third-order valence-corrected chi connectivity index (χ3v) is 2.71. The molecular weight excluding hydrogens is 204 g/mol. The topological polar surface area (TPSA) is 65.1 Å². The van der Waals surface area contributed by atoms with E-state index in [0.717, 1.165) is 38.2 Å². The lowest BCUT2D eigenvalue weighted by Crippen LogP contribution is -2.37. The monoisotopic (exact) mass is 226 g/mol. The highest BCUT2D eigenvalue weighted by Gasteiger charge is 2.10. The average Bonchev–Trinajstić information content (AvgIpc) is 2.75. The summed E-state index contributed by atoms with van der Waals surface area (Å²) in [5, 5.41) is 0. The smallest absolute Gasteiger partial charge is 0.110 e. The van der Waals surface area contributed by atoms with Crippen molar-refractivity contribution in [3.63, 3.8) is 0 Å². The maximum absolute atomic E-state index is 5.54. The molecule has 0 spiro atoms. The third kappa shape index (κ3) is 3.92. The number of aromatic nitrogens is 2. The van der Waals surface area contributed by atoms with Crippen LogP contribution in [0.4, 0.5) is 0 Å². The predicted octanol–water partition coefficient (Wildman–Crippen LogP) is 0.704. The largest absolute Gasteiger partial charge is 0.385 e. The molecule has 0 fully saturated rings. The van der Waals surface area contributed by atoms with Crippen LogP contribution in [0.25, 0.3) is 0 Å². The van der Waals surface area contributed by atoms with Crippen molar-refractivity contribution in [2.24, 2.45) is 5.84 Å². The Bertz CT molecular complexity index is 287. The standard InChI is InChI=1S/C11H22N4O/c1-3-15-7-6-13-11(15)9-10(14-12)5-4-8-16-2/h6-7,10,14H,3-5,8-9,12H2,1-2H3. The Morgan fingerprint density at radius 1 is 1.62 bits per heavy atom. The molecule has 1 atom stereocenters. The number of methoxy groups -OCH3 is 1. The third-order valence-electron chi connectivity index (χ3n) is 2.71. The van der Waals surface area contributed by atoms with Crippen LogP contribution in [0, 0.1) is 0 Å². The number of hydrazine groups is 1. The summed E-state index contributed by atoms with van der Waals surface area (Å²) in [6.45, 7) is 3.84. The molecule has 16 heavy (non-hydrogen) atoms. The van der Waals surface area contributed by atoms with E-state index in [1.165, 1.54) is 0 Å². The van der Waals surface area contributed by atoms with Crippen LogP contribution in [0.15, 0.2) is 12.4 Å². The molecule has 1 heterocycles. The maximum Gasteiger partial charge on any atom is 0.110 e. The summed E-state index contributed by atoms with van der Waals surface area (Å²) in [5.41, 5.74) is 2.84. The molecule has 0 saturated heterocycles. The van der Waals surface area contributed by atoms with Gasteiger partial charge in [0.1, 0.15) is 5.82 Å². The first-order valence-corrected chi connectivity index (χ1v) is 5.76. The van der Waals surface area contributed by atoms with Crippen LogP contribution in [0.2, 0.25) is 0 Å². The summed E-state index contributed by atoms with van der Waals surface area (Å²) in [7, 11) is 1.72. The Morgan fingerprint density at radius 2 is 2.44 bits per heavy atom. The van der Waals surface area contributed by atoms with Gasteiger partial charge in [0.25, 0.3) is 0 Å². The van der Waals surface area contributed by atoms with Crippen molar-refractivity contribution in [2.75, 3.05) is 13.7 Å². The van der Waals surface area contributed by atoms with Crippen molar-refractivity contribution in [3.8, 4) is 0 Å². The number of hydrogen-bond acceptors (Lipinski definition) is 4. The van der Waals surface area contributed by atoms with E-state index < -0.39 is 0 Å². The van der Waals surface area contributed by atoms with Crippen LogP contribution in [0.5, 0.6) is 0 Å². The van der Waals surface area contributed by atoms with Gasteiger partial charge < -0.3 is 9.30 Å². The summed E-state index contributed by atoms with van der Waals surface area (Å²) in [6, 6.07) is 0.267. The van der Waals surface area contributed by atoms with E-state index >= 15 is 0 Å². The van der Waals surface area contributed by atoms with Gasteiger partial charge in [0, 0.05) is 45.1 Å². The van der Waals surface area contributed by atoms with E-state index in [1.54, 1.807) is 7.11 Å². The van der Waals surface area contributed by atoms with E-state index in [1.807, 2.05) is 12.4 Å². The minimum Gasteiger partial charge on any atom is -0.385 e. The second-order valence-corrected chi connectivity index (χ2v) is 3.83. The number of rotatable bonds is 8. The first kappa shape index (κ1) is 13.2. The zero-order chi connectivity index (χ0) is 11.8. The second kappa shape index (κ2) is 7.38. The minimum absolute atomic E-state index is 0.267. The van der Waals surface area contributed by atoms with Crippen molar-refractivity contribution >= 4 is 0 Å². The van der Waals surface area contributed by atoms with Gasteiger partial charge in [-0.3, -0.25) is 11.3 Å². The van der Waals surface area contributed by atoms with Crippen LogP contribution < -0.4 is 11.3 Å². The summed E-state index contributed by atoms with van der Waals surface area (Å²) < 4.78 is 7.17. The van der Waals surface area contributed by atoms with Crippen molar-refractivity contribution in [3.05, 3.63) is 18.2 Å². The van der Waals surface area contributed by atoms with Gasteiger partial charge in [0.15, 0.2) is 0 Å². The van der Waals surface area contributed by atoms with Gasteiger partial charge in [0.2, 0.25) is 0 Å². The number of imidazole rings is 1. The minimum atomic E-state index is 0.267. The summed E-state index contributed by atoms with van der Waals surface area (Å²) in [6.07, 6.45) is 6.71. The number of aryl methyl sites for hydroxylation is 1. The number of nitrogens with two attached hydrogens (primary N) is 1. The quantitative estimate of drug-likeness (QED) is 0.389. The molecule has 1 aromatic rings. The van der Waals surface area contributed by atoms with Gasteiger partial charge in [-0.15, -0.1) is 0 Å². The molecule has 5 heteroatoms. The number of hydrogen-bond donors (Lipinski definition) is 2. The van der Waals surface area contributed by atoms with E-state index in [-0.39, 0.29) is 6.04 Å². The molecule has 5 nitrogen and oxygen atoms in total. The zero-order valence-electron chi connectivity index (χ0n) is 10.1. The van der Waals surface area contributed by atoms with Crippen molar-refractivity contribution in [2.45, 2.75) is 38.8 Å². The fourth-order valence-corrected chi connectivity index (χ4v) is 1.76. The lowest BCUT2D eigenvalue weighted by Gasteiger charge is -2.15. The molecule has 0 aliphatic carbocycles. The molecule has 0 radical (unpaired) electrons. The van der Waals surface area contributed by atoms with Crippen LogP contribution in [0.1, 0.15) is 25.6 Å². The molecule has 0 amide bonds. The fourth-order valence-electron chi connectivity index (χ4n) is 1.76. The normalized spacial score (nSPS) is 12.9. The molecule has 92 valence electrons. The first-order chi connectivity index (χ1) is 7.81. The van der Waals surface area contributed by atoms with Gasteiger partial charge >= 0.3 is 0 Å². The molecule has 1 rings (SSSR count). The van der Waals surface area contributed by atoms with E-state index in [9.17, 15) is 0 Å². The highest BCUT2D eigenvalue weighted by Crippen LogP contribution is 2.06. The van der Waals surface area contributed by atoms with E-state index in [2.05, 4.69) is 21.9 Å². The van der Waals surface area contributed by atoms with E-state index in [4.69, 9.17) is 10.6 Å². The molecular formula is C11H22N4O. The highest BCUT2D eigenvalue weighted by atomic mass is 16.5. The SMILES string of the molecule is CCn1ccnc1CC(CCCOC)NN. The zero-order valence-corrected chi connectivity index (χ0v) is 10.1. The molecule has 0 aromatic carbocycles. The molecule has 0 aliphatic rings.